The molecule has 1 heterocycles. The van der Waals surface area contributed by atoms with E-state index in [1.807, 2.05) is 76.2 Å². The van der Waals surface area contributed by atoms with Crippen molar-refractivity contribution in [3.05, 3.63) is 12.7 Å². The molecule has 0 spiro atoms. The summed E-state index contributed by atoms with van der Waals surface area (Å²) in [4.78, 5) is 171. The number of nitrogens with one attached hydrogen (secondary N) is 1. The van der Waals surface area contributed by atoms with E-state index in [2.05, 4.69) is 11.9 Å². The SMILES string of the molecule is C=CC(O)C[C@@H](C)[C@@H](C)[C@H]1C(=O)N[C@@H](CC)C(=O)N(C)CC(=O)N(C)[C@@H](CC(C)C)C(=O)C[C@@H](C(C)C)C(=O)N(C)[C@@H](CC(C)C)C(=O)C[C@@H](C)C(=O)C[C@H](C)C(=O)N(C)[C@@H](CC(C)C)C(=O)N(C)[C@@H](CC(C)C)C(=O)N(C)[C@@H](C(C)C)C(=O)N1C. The molecule has 20 nitrogen and oxygen atoms in total. The van der Waals surface area contributed by atoms with Gasteiger partial charge in [-0.2, -0.15) is 0 Å². The Balaban J connectivity index is 4.34. The predicted molar refractivity (Wildman–Crippen MR) is 337 cm³/mol. The molecular formula is C66H116N8O12. The van der Waals surface area contributed by atoms with E-state index in [1.165, 1.54) is 89.7 Å². The lowest BCUT2D eigenvalue weighted by molar-refractivity contribution is -0.156. The van der Waals surface area contributed by atoms with Gasteiger partial charge in [0.1, 0.15) is 36.0 Å². The van der Waals surface area contributed by atoms with Crippen LogP contribution in [0.15, 0.2) is 12.7 Å². The van der Waals surface area contributed by atoms with Crippen molar-refractivity contribution in [2.75, 3.05) is 55.9 Å². The summed E-state index contributed by atoms with van der Waals surface area (Å²) in [6.07, 6.45) is 0.868. The van der Waals surface area contributed by atoms with Gasteiger partial charge in [-0.05, 0) is 85.9 Å². The second-order valence-electron chi connectivity index (χ2n) is 27.7. The minimum absolute atomic E-state index is 0.0523. The number of aliphatic hydroxyl groups excluding tert-OH is 1. The van der Waals surface area contributed by atoms with Gasteiger partial charge in [0.25, 0.3) is 0 Å². The van der Waals surface area contributed by atoms with Crippen molar-refractivity contribution in [1.29, 1.82) is 0 Å². The highest BCUT2D eigenvalue weighted by molar-refractivity contribution is 5.99. The third-order valence-corrected chi connectivity index (χ3v) is 17.7. The number of hydrogen-bond donors (Lipinski definition) is 2. The van der Waals surface area contributed by atoms with Crippen LogP contribution in [0.3, 0.4) is 0 Å². The number of amides is 8. The minimum atomic E-state index is -1.27. The average Bonchev–Trinajstić information content (AvgIpc) is 1.23. The Morgan fingerprint density at radius 2 is 0.895 bits per heavy atom. The molecule has 20 heteroatoms. The number of hydrogen-bond acceptors (Lipinski definition) is 12. The summed E-state index contributed by atoms with van der Waals surface area (Å²) in [7, 11) is 10.4. The Bertz CT molecular complexity index is 2340. The lowest BCUT2D eigenvalue weighted by Gasteiger charge is -2.42. The normalized spacial score (nSPS) is 27.2. The summed E-state index contributed by atoms with van der Waals surface area (Å²) in [6.45, 7) is 34.1. The first-order chi connectivity index (χ1) is 39.6. The van der Waals surface area contributed by atoms with Crippen molar-refractivity contribution in [2.24, 2.45) is 65.1 Å². The van der Waals surface area contributed by atoms with Crippen molar-refractivity contribution in [2.45, 2.75) is 224 Å². The van der Waals surface area contributed by atoms with Gasteiger partial charge in [0.2, 0.25) is 47.3 Å². The summed E-state index contributed by atoms with van der Waals surface area (Å²) in [5.41, 5.74) is 0. The van der Waals surface area contributed by atoms with Crippen LogP contribution in [0.1, 0.15) is 175 Å². The molecule has 0 bridgehead atoms. The molecule has 0 aliphatic carbocycles. The van der Waals surface area contributed by atoms with Gasteiger partial charge in [-0.15, -0.1) is 6.58 Å². The van der Waals surface area contributed by atoms with E-state index in [1.54, 1.807) is 41.5 Å². The molecule has 1 rings (SSSR count). The van der Waals surface area contributed by atoms with Crippen LogP contribution in [0.25, 0.3) is 0 Å². The Morgan fingerprint density at radius 3 is 1.34 bits per heavy atom. The van der Waals surface area contributed by atoms with Gasteiger partial charge in [-0.1, -0.05) is 124 Å². The highest BCUT2D eigenvalue weighted by Crippen LogP contribution is 2.30. The smallest absolute Gasteiger partial charge is 0.246 e. The van der Waals surface area contributed by atoms with Crippen LogP contribution in [0.5, 0.6) is 0 Å². The molecule has 1 saturated heterocycles. The molecular weight excluding hydrogens is 1100 g/mol. The fourth-order valence-electron chi connectivity index (χ4n) is 11.9. The first-order valence-electron chi connectivity index (χ1n) is 31.6. The van der Waals surface area contributed by atoms with E-state index in [0.29, 0.717) is 0 Å². The highest BCUT2D eigenvalue weighted by Gasteiger charge is 2.45. The zero-order chi connectivity index (χ0) is 66.8. The predicted octanol–water partition coefficient (Wildman–Crippen LogP) is 6.79. The molecule has 0 aromatic rings. The fraction of sp³-hybridized carbons (Fsp3) is 0.803. The van der Waals surface area contributed by atoms with Crippen LogP contribution in [-0.4, -0.2) is 208 Å². The Morgan fingerprint density at radius 1 is 0.488 bits per heavy atom. The van der Waals surface area contributed by atoms with Crippen LogP contribution in [0, 0.1) is 65.1 Å². The second-order valence-corrected chi connectivity index (χ2v) is 27.7. The molecule has 1 aliphatic heterocycles. The van der Waals surface area contributed by atoms with Gasteiger partial charge < -0.3 is 44.7 Å². The van der Waals surface area contributed by atoms with E-state index in [9.17, 15) is 43.5 Å². The summed E-state index contributed by atoms with van der Waals surface area (Å²) >= 11 is 0. The largest absolute Gasteiger partial charge is 0.389 e. The van der Waals surface area contributed by atoms with Crippen molar-refractivity contribution in [3.63, 3.8) is 0 Å². The number of Topliss-reactive ketones (excluding diaryl/α,β-unsaturated/α-hetero) is 3. The maximum atomic E-state index is 15.3. The van der Waals surface area contributed by atoms with Crippen LogP contribution in [-0.2, 0) is 52.7 Å². The summed E-state index contributed by atoms with van der Waals surface area (Å²) in [5.74, 6) is -10.6. The Labute approximate surface area is 517 Å². The van der Waals surface area contributed by atoms with E-state index >= 15 is 14.4 Å². The molecule has 1 unspecified atom stereocenters. The molecule has 8 amide bonds. The van der Waals surface area contributed by atoms with Gasteiger partial charge in [-0.25, -0.2) is 0 Å². The first-order valence-corrected chi connectivity index (χ1v) is 31.6. The summed E-state index contributed by atoms with van der Waals surface area (Å²) < 4.78 is 0. The number of aliphatic hydroxyl groups is 1. The van der Waals surface area contributed by atoms with Gasteiger partial charge in [0.15, 0.2) is 11.6 Å². The Kier molecular flexibility index (Phi) is 32.4. The van der Waals surface area contributed by atoms with E-state index < -0.39 is 138 Å². The highest BCUT2D eigenvalue weighted by atomic mass is 16.3. The van der Waals surface area contributed by atoms with Crippen LogP contribution in [0.2, 0.25) is 0 Å². The second kappa shape index (κ2) is 35.5. The van der Waals surface area contributed by atoms with Crippen molar-refractivity contribution >= 4 is 64.6 Å². The number of carbonyl (C=O) groups is 11. The monoisotopic (exact) mass is 1210 g/mol. The first kappa shape index (κ1) is 78.5. The molecule has 0 aromatic heterocycles. The number of likely N-dealkylation sites (N-methyl/N-ethyl adjacent to an activating group) is 7. The number of ketones is 3. The van der Waals surface area contributed by atoms with Gasteiger partial charge >= 0.3 is 0 Å². The fourth-order valence-corrected chi connectivity index (χ4v) is 11.9. The standard InChI is InChI=1S/C66H116N8O12/c1-26-47(75)32-43(15)46(18)59-60(80)67-49(27-2)63(83)68(19)36-57(79)69(20)50(28-37(3)4)56(78)35-48(41(11)12)62(82)70(21)51(29-38(5)6)55(77)33-44(16)54(76)34-45(17)61(81)71(22)52(30-39(7)8)64(84)72(23)53(31-40(9)10)65(85)73(24)58(42(13)14)66(86)74(59)25/h26,37-53,58-59,75H,1,27-36H2,2-25H3,(H,67,80)/t43-,44-,45+,46-,47?,48+,49+,50+,51+,52+,53+,58+,59+/m1/s1. The van der Waals surface area contributed by atoms with Crippen LogP contribution < -0.4 is 5.32 Å². The molecule has 0 saturated carbocycles. The maximum Gasteiger partial charge on any atom is 0.246 e. The van der Waals surface area contributed by atoms with Gasteiger partial charge in [-0.3, -0.25) is 52.7 Å². The van der Waals surface area contributed by atoms with Crippen molar-refractivity contribution in [3.8, 4) is 0 Å². The quantitative estimate of drug-likeness (QED) is 0.152. The molecule has 13 atom stereocenters. The molecule has 0 aromatic carbocycles. The van der Waals surface area contributed by atoms with Crippen LogP contribution >= 0.6 is 0 Å². The van der Waals surface area contributed by atoms with Crippen molar-refractivity contribution in [1.82, 2.24) is 39.6 Å². The lowest BCUT2D eigenvalue weighted by Crippen LogP contribution is -2.62. The van der Waals surface area contributed by atoms with E-state index in [-0.39, 0.29) is 105 Å². The average molecular weight is 1210 g/mol. The zero-order valence-electron chi connectivity index (χ0n) is 57.4. The third-order valence-electron chi connectivity index (χ3n) is 17.7. The van der Waals surface area contributed by atoms with Crippen LogP contribution in [0.4, 0.5) is 0 Å². The number of rotatable bonds is 16. The van der Waals surface area contributed by atoms with E-state index in [4.69, 9.17) is 0 Å². The van der Waals surface area contributed by atoms with Gasteiger partial charge in [0, 0.05) is 86.3 Å². The topological polar surface area (TPSA) is 243 Å². The summed E-state index contributed by atoms with van der Waals surface area (Å²) in [6, 6.07) is -7.78. The molecule has 492 valence electrons. The molecule has 0 radical (unpaired) electrons. The number of nitrogens with zero attached hydrogens (tertiary/aromatic N) is 7. The minimum Gasteiger partial charge on any atom is -0.389 e. The molecule has 1 aliphatic rings. The van der Waals surface area contributed by atoms with Gasteiger partial charge in [0.05, 0.1) is 24.7 Å². The molecule has 86 heavy (non-hydrogen) atoms. The molecule has 1 fully saturated rings. The lowest BCUT2D eigenvalue weighted by atomic mass is 9.83. The zero-order valence-corrected chi connectivity index (χ0v) is 57.4. The molecule has 2 N–H and O–H groups in total. The maximum absolute atomic E-state index is 15.3. The summed E-state index contributed by atoms with van der Waals surface area (Å²) in [5, 5.41) is 13.6. The number of carbonyl (C=O) groups excluding carboxylic acids is 11. The Hall–Kier alpha value is -5.53. The van der Waals surface area contributed by atoms with E-state index in [0.717, 1.165) is 0 Å². The van der Waals surface area contributed by atoms with Crippen molar-refractivity contribution < 1.29 is 57.8 Å². The third kappa shape index (κ3) is 22.0.